The van der Waals surface area contributed by atoms with Crippen LogP contribution in [0.25, 0.3) is 0 Å². The lowest BCUT2D eigenvalue weighted by molar-refractivity contribution is 0.0365. The molecule has 2 N–H and O–H groups in total. The predicted octanol–water partition coefficient (Wildman–Crippen LogP) is 3.12. The van der Waals surface area contributed by atoms with E-state index < -0.39 is 15.9 Å². The summed E-state index contributed by atoms with van der Waals surface area (Å²) in [6, 6.07) is 6.91. The monoisotopic (exact) mass is 426 g/mol. The Morgan fingerprint density at radius 1 is 1.25 bits per heavy atom. The number of carbonyl (C=O) groups is 1. The minimum absolute atomic E-state index is 0.179. The first-order valence-electron chi connectivity index (χ1n) is 8.58. The highest BCUT2D eigenvalue weighted by molar-refractivity contribution is 7.92. The summed E-state index contributed by atoms with van der Waals surface area (Å²) in [5, 5.41) is 3.28. The molecule has 0 radical (unpaired) electrons. The van der Waals surface area contributed by atoms with Crippen molar-refractivity contribution in [3.8, 4) is 0 Å². The number of anilines is 3. The van der Waals surface area contributed by atoms with Gasteiger partial charge < -0.3 is 5.32 Å². The first-order valence-corrected chi connectivity index (χ1v) is 10.8. The minimum Gasteiger partial charge on any atom is -0.353 e. The second kappa shape index (κ2) is 9.22. The molecule has 0 atom stereocenters. The molecule has 10 heteroatoms. The minimum atomic E-state index is -3.49. The van der Waals surface area contributed by atoms with Crippen LogP contribution in [0.3, 0.4) is 0 Å². The molecular weight excluding hydrogens is 404 g/mol. The van der Waals surface area contributed by atoms with Crippen molar-refractivity contribution in [2.45, 2.75) is 20.3 Å². The van der Waals surface area contributed by atoms with Crippen LogP contribution >= 0.6 is 11.6 Å². The number of hydrogen-bond acceptors (Lipinski definition) is 6. The highest BCUT2D eigenvalue weighted by atomic mass is 35.5. The van der Waals surface area contributed by atoms with E-state index in [1.54, 1.807) is 19.1 Å². The zero-order valence-electron chi connectivity index (χ0n) is 16.1. The fraction of sp³-hybridized carbons (Fsp3) is 0.333. The Balaban J connectivity index is 2.51. The molecule has 1 aromatic heterocycles. The van der Waals surface area contributed by atoms with Crippen LogP contribution in [0.2, 0.25) is 5.15 Å². The van der Waals surface area contributed by atoms with Crippen molar-refractivity contribution < 1.29 is 18.0 Å². The van der Waals surface area contributed by atoms with Crippen molar-refractivity contribution >= 4 is 44.6 Å². The fourth-order valence-corrected chi connectivity index (χ4v) is 3.06. The summed E-state index contributed by atoms with van der Waals surface area (Å²) in [5.74, 6) is -0.503. The van der Waals surface area contributed by atoms with Gasteiger partial charge in [0.15, 0.2) is 0 Å². The van der Waals surface area contributed by atoms with Crippen molar-refractivity contribution in [2.75, 3.05) is 29.5 Å². The van der Waals surface area contributed by atoms with Gasteiger partial charge in [-0.2, -0.15) is 0 Å². The van der Waals surface area contributed by atoms with Crippen molar-refractivity contribution in [3.63, 3.8) is 0 Å². The van der Waals surface area contributed by atoms with E-state index >= 15 is 0 Å². The number of rotatable bonds is 8. The Morgan fingerprint density at radius 3 is 2.57 bits per heavy atom. The van der Waals surface area contributed by atoms with Crippen LogP contribution in [0, 0.1) is 0 Å². The lowest BCUT2D eigenvalue weighted by Crippen LogP contribution is -2.26. The molecule has 1 heterocycles. The van der Waals surface area contributed by atoms with Gasteiger partial charge in [0.2, 0.25) is 10.0 Å². The summed E-state index contributed by atoms with van der Waals surface area (Å²) < 4.78 is 25.3. The van der Waals surface area contributed by atoms with Gasteiger partial charge in [0.1, 0.15) is 5.15 Å². The summed E-state index contributed by atoms with van der Waals surface area (Å²) in [5.41, 5.74) is 4.79. The predicted molar refractivity (Wildman–Crippen MR) is 111 cm³/mol. The molecule has 0 unspecified atom stereocenters. The number of nitrogens with one attached hydrogen (secondary N) is 2. The van der Waals surface area contributed by atoms with Gasteiger partial charge in [-0.25, -0.2) is 18.9 Å². The average Bonchev–Trinajstić information content (AvgIpc) is 2.65. The molecule has 0 saturated heterocycles. The first kappa shape index (κ1) is 21.9. The fourth-order valence-electron chi connectivity index (χ4n) is 2.39. The maximum atomic E-state index is 12.3. The van der Waals surface area contributed by atoms with Crippen LogP contribution in [0.15, 0.2) is 30.5 Å². The van der Waals surface area contributed by atoms with E-state index in [1.807, 2.05) is 13.0 Å². The number of aryl methyl sites for hydroxylation is 1. The molecule has 1 aromatic carbocycles. The van der Waals surface area contributed by atoms with Gasteiger partial charge in [0.05, 0.1) is 35.5 Å². The molecule has 0 aliphatic rings. The molecular formula is C18H23ClN4O4S. The second-order valence-corrected chi connectivity index (χ2v) is 8.38. The quantitative estimate of drug-likeness (QED) is 0.496. The smallest absolute Gasteiger partial charge is 0.278 e. The number of aromatic nitrogens is 1. The van der Waals surface area contributed by atoms with Gasteiger partial charge in [0, 0.05) is 13.2 Å². The third-order valence-electron chi connectivity index (χ3n) is 4.00. The maximum Gasteiger partial charge on any atom is 0.278 e. The maximum absolute atomic E-state index is 12.3. The zero-order valence-corrected chi connectivity index (χ0v) is 17.7. The number of carbonyl (C=O) groups excluding carboxylic acids is 1. The van der Waals surface area contributed by atoms with Crippen LogP contribution in [-0.2, 0) is 21.3 Å². The van der Waals surface area contributed by atoms with Crippen molar-refractivity contribution in [1.82, 2.24) is 10.5 Å². The van der Waals surface area contributed by atoms with Gasteiger partial charge in [-0.1, -0.05) is 24.6 Å². The van der Waals surface area contributed by atoms with Gasteiger partial charge in [-0.15, -0.1) is 0 Å². The van der Waals surface area contributed by atoms with Crippen LogP contribution in [0.5, 0.6) is 0 Å². The topological polar surface area (TPSA) is 101 Å². The summed E-state index contributed by atoms with van der Waals surface area (Å²) in [4.78, 5) is 21.2. The Hall–Kier alpha value is -2.36. The Bertz CT molecular complexity index is 966. The van der Waals surface area contributed by atoms with Crippen molar-refractivity contribution in [1.29, 1.82) is 0 Å². The van der Waals surface area contributed by atoms with E-state index in [4.69, 9.17) is 16.4 Å². The van der Waals surface area contributed by atoms with Crippen LogP contribution < -0.4 is 15.1 Å². The van der Waals surface area contributed by atoms with Crippen LogP contribution in [-0.4, -0.2) is 39.2 Å². The van der Waals surface area contributed by atoms with Gasteiger partial charge in [-0.3, -0.25) is 13.9 Å². The number of pyridine rings is 1. The molecule has 0 bridgehead atoms. The summed E-state index contributed by atoms with van der Waals surface area (Å²) >= 11 is 5.99. The lowest BCUT2D eigenvalue weighted by atomic mass is 10.1. The van der Waals surface area contributed by atoms with Crippen LogP contribution in [0.4, 0.5) is 17.1 Å². The molecule has 0 saturated carbocycles. The number of halogens is 1. The van der Waals surface area contributed by atoms with Gasteiger partial charge in [0.25, 0.3) is 5.91 Å². The highest BCUT2D eigenvalue weighted by Crippen LogP contribution is 2.32. The average molecular weight is 427 g/mol. The normalized spacial score (nSPS) is 11.2. The number of hydrogen-bond donors (Lipinski definition) is 2. The molecule has 0 aliphatic carbocycles. The number of sulfonamides is 1. The van der Waals surface area contributed by atoms with Crippen molar-refractivity contribution in [2.24, 2.45) is 0 Å². The number of amides is 1. The number of benzene rings is 1. The van der Waals surface area contributed by atoms with Gasteiger partial charge in [-0.05, 0) is 37.1 Å². The molecule has 2 rings (SSSR count). The van der Waals surface area contributed by atoms with Gasteiger partial charge >= 0.3 is 0 Å². The molecule has 1 amide bonds. The van der Waals surface area contributed by atoms with E-state index in [0.717, 1.165) is 18.2 Å². The highest BCUT2D eigenvalue weighted by Gasteiger charge is 2.19. The second-order valence-electron chi connectivity index (χ2n) is 5.98. The molecule has 8 nitrogen and oxygen atoms in total. The van der Waals surface area contributed by atoms with E-state index in [2.05, 4.69) is 15.8 Å². The number of nitrogens with zero attached hydrogens (tertiary/aromatic N) is 2. The Labute approximate surface area is 169 Å². The Morgan fingerprint density at radius 2 is 1.96 bits per heavy atom. The summed E-state index contributed by atoms with van der Waals surface area (Å²) in [6.45, 7) is 4.02. The molecule has 0 fully saturated rings. The van der Waals surface area contributed by atoms with E-state index in [1.165, 1.54) is 23.6 Å². The summed E-state index contributed by atoms with van der Waals surface area (Å²) in [7, 11) is -2.02. The van der Waals surface area contributed by atoms with Crippen LogP contribution in [0.1, 0.15) is 29.8 Å². The van der Waals surface area contributed by atoms with Crippen molar-refractivity contribution in [3.05, 3.63) is 46.7 Å². The molecule has 0 aliphatic heterocycles. The largest absolute Gasteiger partial charge is 0.353 e. The molecule has 0 spiro atoms. The molecule has 28 heavy (non-hydrogen) atoms. The Kier molecular flexibility index (Phi) is 7.22. The number of hydroxylamine groups is 1. The third kappa shape index (κ3) is 5.34. The third-order valence-corrected chi connectivity index (χ3v) is 5.40. The standard InChI is InChI=1S/C18H23ClN4O4S/c1-5-12-7-8-14(16(9-12)23(3)28(4,25)26)21-15-10-17(19)20-11-13(15)18(24)22-27-6-2/h7-11H,5-6H2,1-4H3,(H,20,21)(H,22,24). The SMILES string of the molecule is CCONC(=O)c1cnc(Cl)cc1Nc1ccc(CC)cc1N(C)S(C)(=O)=O. The zero-order chi connectivity index (χ0) is 20.9. The van der Waals surface area contributed by atoms with E-state index in [0.29, 0.717) is 23.7 Å². The first-order chi connectivity index (χ1) is 13.2. The van der Waals surface area contributed by atoms with E-state index in [9.17, 15) is 13.2 Å². The molecule has 2 aromatic rings. The lowest BCUT2D eigenvalue weighted by Gasteiger charge is -2.22. The summed E-state index contributed by atoms with van der Waals surface area (Å²) in [6.07, 6.45) is 3.19. The molecule has 152 valence electrons. The van der Waals surface area contributed by atoms with E-state index in [-0.39, 0.29) is 10.7 Å².